The van der Waals surface area contributed by atoms with Crippen LogP contribution in [0.1, 0.15) is 45.6 Å². The Bertz CT molecular complexity index is 455. The summed E-state index contributed by atoms with van der Waals surface area (Å²) in [7, 11) is -1.18. The Morgan fingerprint density at radius 3 is 2.24 bits per heavy atom. The number of hydrogen-bond acceptors (Lipinski definition) is 1. The lowest BCUT2D eigenvalue weighted by Crippen LogP contribution is -2.37. The monoisotopic (exact) mass is 304 g/mol. The third kappa shape index (κ3) is 4.96. The molecule has 0 saturated heterocycles. The van der Waals surface area contributed by atoms with E-state index in [0.29, 0.717) is 11.5 Å². The summed E-state index contributed by atoms with van der Waals surface area (Å²) >= 11 is 0. The van der Waals surface area contributed by atoms with Gasteiger partial charge in [-0.2, -0.15) is 0 Å². The van der Waals surface area contributed by atoms with Crippen LogP contribution in [0.3, 0.4) is 0 Å². The molecule has 0 amide bonds. The van der Waals surface area contributed by atoms with Gasteiger partial charge < -0.3 is 4.74 Å². The van der Waals surface area contributed by atoms with E-state index in [2.05, 4.69) is 64.7 Å². The fourth-order valence-corrected chi connectivity index (χ4v) is 4.87. The molecule has 1 aromatic rings. The lowest BCUT2D eigenvalue weighted by Gasteiger charge is -2.38. The molecule has 0 aromatic heterocycles. The van der Waals surface area contributed by atoms with Gasteiger partial charge in [0.1, 0.15) is 0 Å². The fraction of sp³-hybridized carbons (Fsp3) is 0.684. The second-order valence-electron chi connectivity index (χ2n) is 8.79. The van der Waals surface area contributed by atoms with Gasteiger partial charge in [0.25, 0.3) is 0 Å². The van der Waals surface area contributed by atoms with Crippen molar-refractivity contribution in [3.8, 4) is 0 Å². The van der Waals surface area contributed by atoms with Gasteiger partial charge in [-0.1, -0.05) is 69.9 Å². The summed E-state index contributed by atoms with van der Waals surface area (Å²) in [5, 5.41) is 1.53. The maximum absolute atomic E-state index is 6.21. The number of rotatable bonds is 4. The van der Waals surface area contributed by atoms with E-state index < -0.39 is 8.07 Å². The third-order valence-corrected chi connectivity index (χ3v) is 6.72. The van der Waals surface area contributed by atoms with E-state index in [-0.39, 0.29) is 0 Å². The molecule has 21 heavy (non-hydrogen) atoms. The standard InChI is InChI=1S/C19H32OSi/c1-15-11-17(13-19(2,3)12-15)20-14-16-7-9-18(10-8-16)21(4,5)6/h7-10,15,17H,11-14H2,1-6H3. The van der Waals surface area contributed by atoms with Gasteiger partial charge >= 0.3 is 0 Å². The Labute approximate surface area is 132 Å². The molecule has 1 aromatic carbocycles. The van der Waals surface area contributed by atoms with Crippen molar-refractivity contribution >= 4 is 13.3 Å². The first-order chi connectivity index (χ1) is 9.66. The minimum atomic E-state index is -1.18. The molecule has 1 saturated carbocycles. The molecule has 1 nitrogen and oxygen atoms in total. The van der Waals surface area contributed by atoms with Crippen LogP contribution in [-0.2, 0) is 11.3 Å². The normalized spacial score (nSPS) is 25.8. The maximum Gasteiger partial charge on any atom is 0.0775 e. The quantitative estimate of drug-likeness (QED) is 0.714. The topological polar surface area (TPSA) is 9.23 Å². The van der Waals surface area contributed by atoms with Crippen LogP contribution in [0.15, 0.2) is 24.3 Å². The minimum absolute atomic E-state index is 0.431. The Hall–Kier alpha value is -0.603. The van der Waals surface area contributed by atoms with Crippen LogP contribution in [0.2, 0.25) is 19.6 Å². The maximum atomic E-state index is 6.21. The molecule has 2 rings (SSSR count). The van der Waals surface area contributed by atoms with Gasteiger partial charge in [-0.25, -0.2) is 0 Å². The van der Waals surface area contributed by atoms with Crippen LogP contribution in [0.4, 0.5) is 0 Å². The second kappa shape index (κ2) is 6.25. The highest BCUT2D eigenvalue weighted by Crippen LogP contribution is 2.39. The smallest absolute Gasteiger partial charge is 0.0775 e. The van der Waals surface area contributed by atoms with Gasteiger partial charge in [-0.05, 0) is 36.2 Å². The van der Waals surface area contributed by atoms with Gasteiger partial charge in [0.2, 0.25) is 0 Å². The first-order valence-corrected chi connectivity index (χ1v) is 11.9. The molecular formula is C19H32OSi. The fourth-order valence-electron chi connectivity index (χ4n) is 3.70. The van der Waals surface area contributed by atoms with E-state index in [1.165, 1.54) is 30.0 Å². The number of hydrogen-bond donors (Lipinski definition) is 0. The van der Waals surface area contributed by atoms with Crippen LogP contribution in [0.5, 0.6) is 0 Å². The Balaban J connectivity index is 1.91. The average molecular weight is 305 g/mol. The van der Waals surface area contributed by atoms with Crippen LogP contribution in [-0.4, -0.2) is 14.2 Å². The summed E-state index contributed by atoms with van der Waals surface area (Å²) in [6.45, 7) is 15.1. The molecule has 1 fully saturated rings. The van der Waals surface area contributed by atoms with E-state index in [0.717, 1.165) is 12.5 Å². The third-order valence-electron chi connectivity index (χ3n) is 4.65. The van der Waals surface area contributed by atoms with E-state index >= 15 is 0 Å². The van der Waals surface area contributed by atoms with Crippen molar-refractivity contribution in [2.75, 3.05) is 0 Å². The van der Waals surface area contributed by atoms with Crippen LogP contribution >= 0.6 is 0 Å². The first-order valence-electron chi connectivity index (χ1n) is 8.37. The summed E-state index contributed by atoms with van der Waals surface area (Å²) in [4.78, 5) is 0. The molecule has 2 unspecified atom stereocenters. The van der Waals surface area contributed by atoms with Crippen molar-refractivity contribution in [3.63, 3.8) is 0 Å². The molecule has 0 spiro atoms. The minimum Gasteiger partial charge on any atom is -0.374 e. The molecule has 0 heterocycles. The van der Waals surface area contributed by atoms with Crippen molar-refractivity contribution in [2.45, 2.75) is 72.4 Å². The Morgan fingerprint density at radius 1 is 1.10 bits per heavy atom. The van der Waals surface area contributed by atoms with Gasteiger partial charge in [0, 0.05) is 0 Å². The predicted molar refractivity (Wildman–Crippen MR) is 94.8 cm³/mol. The highest BCUT2D eigenvalue weighted by Gasteiger charge is 2.32. The summed E-state index contributed by atoms with van der Waals surface area (Å²) < 4.78 is 6.21. The highest BCUT2D eigenvalue weighted by molar-refractivity contribution is 6.88. The molecule has 1 aliphatic rings. The van der Waals surface area contributed by atoms with Gasteiger partial charge in [-0.3, -0.25) is 0 Å². The lowest BCUT2D eigenvalue weighted by atomic mass is 9.71. The van der Waals surface area contributed by atoms with Crippen molar-refractivity contribution < 1.29 is 4.74 Å². The zero-order chi connectivity index (χ0) is 15.7. The molecule has 2 heteroatoms. The van der Waals surface area contributed by atoms with Crippen LogP contribution in [0.25, 0.3) is 0 Å². The summed E-state index contributed by atoms with van der Waals surface area (Å²) in [5.74, 6) is 0.785. The summed E-state index contributed by atoms with van der Waals surface area (Å²) in [6, 6.07) is 9.12. The molecule has 2 atom stereocenters. The van der Waals surface area contributed by atoms with E-state index in [1.807, 2.05) is 0 Å². The SMILES string of the molecule is CC1CC(OCc2ccc([Si](C)(C)C)cc2)CC(C)(C)C1. The molecule has 0 aliphatic heterocycles. The predicted octanol–water partition coefficient (Wildman–Crippen LogP) is 4.96. The van der Waals surface area contributed by atoms with Crippen molar-refractivity contribution in [1.82, 2.24) is 0 Å². The van der Waals surface area contributed by atoms with Gasteiger partial charge in [0.05, 0.1) is 20.8 Å². The molecular weight excluding hydrogens is 272 g/mol. The summed E-state index contributed by atoms with van der Waals surface area (Å²) in [5.41, 5.74) is 1.75. The van der Waals surface area contributed by atoms with Crippen molar-refractivity contribution in [2.24, 2.45) is 11.3 Å². The van der Waals surface area contributed by atoms with E-state index in [9.17, 15) is 0 Å². The zero-order valence-electron chi connectivity index (χ0n) is 14.7. The van der Waals surface area contributed by atoms with Crippen molar-refractivity contribution in [1.29, 1.82) is 0 Å². The highest BCUT2D eigenvalue weighted by atomic mass is 28.3. The van der Waals surface area contributed by atoms with Crippen LogP contribution < -0.4 is 5.19 Å². The Kier molecular flexibility index (Phi) is 4.99. The van der Waals surface area contributed by atoms with E-state index in [4.69, 9.17) is 4.74 Å². The van der Waals surface area contributed by atoms with Crippen LogP contribution in [0, 0.1) is 11.3 Å². The lowest BCUT2D eigenvalue weighted by molar-refractivity contribution is -0.0316. The number of ether oxygens (including phenoxy) is 1. The zero-order valence-corrected chi connectivity index (χ0v) is 15.7. The van der Waals surface area contributed by atoms with E-state index in [1.54, 1.807) is 0 Å². The molecule has 1 aliphatic carbocycles. The molecule has 0 bridgehead atoms. The first kappa shape index (κ1) is 16.8. The average Bonchev–Trinajstić information content (AvgIpc) is 2.33. The summed E-state index contributed by atoms with van der Waals surface area (Å²) in [6.07, 6.45) is 4.18. The van der Waals surface area contributed by atoms with Gasteiger partial charge in [0.15, 0.2) is 0 Å². The molecule has 0 N–H and O–H groups in total. The van der Waals surface area contributed by atoms with Crippen molar-refractivity contribution in [3.05, 3.63) is 29.8 Å². The van der Waals surface area contributed by atoms with Gasteiger partial charge in [-0.15, -0.1) is 0 Å². The largest absolute Gasteiger partial charge is 0.374 e. The molecule has 118 valence electrons. The Morgan fingerprint density at radius 2 is 1.71 bits per heavy atom. The number of benzene rings is 1. The molecule has 0 radical (unpaired) electrons. The second-order valence-corrected chi connectivity index (χ2v) is 13.9.